The Balaban J connectivity index is 1.88. The van der Waals surface area contributed by atoms with Gasteiger partial charge in [0.2, 0.25) is 0 Å². The third kappa shape index (κ3) is 4.90. The summed E-state index contributed by atoms with van der Waals surface area (Å²) in [7, 11) is 0. The molecule has 128 valence electrons. The van der Waals surface area contributed by atoms with Crippen molar-refractivity contribution in [3.63, 3.8) is 0 Å². The molecule has 4 nitrogen and oxygen atoms in total. The summed E-state index contributed by atoms with van der Waals surface area (Å²) in [6, 6.07) is 11.3. The standard InChI is InChI=1S/C19H22ClNO3/c1-4-23-17-8-6-5-7-15(17)11-21-18(22)12-24-16-9-13(2)19(20)14(3)10-16/h5-10H,4,11-12H2,1-3H3,(H,21,22). The summed E-state index contributed by atoms with van der Waals surface area (Å²) in [6.07, 6.45) is 0. The van der Waals surface area contributed by atoms with Gasteiger partial charge in [-0.3, -0.25) is 4.79 Å². The third-order valence-electron chi connectivity index (χ3n) is 3.53. The van der Waals surface area contributed by atoms with Crippen LogP contribution in [0.3, 0.4) is 0 Å². The van der Waals surface area contributed by atoms with E-state index in [2.05, 4.69) is 5.32 Å². The van der Waals surface area contributed by atoms with Gasteiger partial charge in [-0.1, -0.05) is 29.8 Å². The molecule has 0 unspecified atom stereocenters. The van der Waals surface area contributed by atoms with Gasteiger partial charge in [-0.15, -0.1) is 0 Å². The van der Waals surface area contributed by atoms with E-state index in [0.717, 1.165) is 27.5 Å². The molecule has 0 bridgehead atoms. The SMILES string of the molecule is CCOc1ccccc1CNC(=O)COc1cc(C)c(Cl)c(C)c1. The average Bonchev–Trinajstić information content (AvgIpc) is 2.57. The molecule has 0 saturated heterocycles. The monoisotopic (exact) mass is 347 g/mol. The van der Waals surface area contributed by atoms with Crippen molar-refractivity contribution >= 4 is 17.5 Å². The zero-order valence-electron chi connectivity index (χ0n) is 14.2. The topological polar surface area (TPSA) is 47.6 Å². The van der Waals surface area contributed by atoms with Gasteiger partial charge in [-0.2, -0.15) is 0 Å². The quantitative estimate of drug-likeness (QED) is 0.822. The molecule has 0 radical (unpaired) electrons. The molecule has 2 aromatic carbocycles. The first-order valence-electron chi connectivity index (χ1n) is 7.88. The zero-order valence-corrected chi connectivity index (χ0v) is 14.9. The van der Waals surface area contributed by atoms with E-state index >= 15 is 0 Å². The minimum Gasteiger partial charge on any atom is -0.494 e. The van der Waals surface area contributed by atoms with Gasteiger partial charge in [0.05, 0.1) is 6.61 Å². The number of ether oxygens (including phenoxy) is 2. The molecule has 0 atom stereocenters. The Labute approximate surface area is 147 Å². The van der Waals surface area contributed by atoms with Gasteiger partial charge in [0.25, 0.3) is 5.91 Å². The molecule has 2 rings (SSSR count). The van der Waals surface area contributed by atoms with E-state index in [0.29, 0.717) is 18.9 Å². The maximum absolute atomic E-state index is 12.0. The zero-order chi connectivity index (χ0) is 17.5. The van der Waals surface area contributed by atoms with Crippen LogP contribution in [0.1, 0.15) is 23.6 Å². The van der Waals surface area contributed by atoms with Crippen LogP contribution < -0.4 is 14.8 Å². The number of hydrogen-bond acceptors (Lipinski definition) is 3. The highest BCUT2D eigenvalue weighted by Crippen LogP contribution is 2.25. The van der Waals surface area contributed by atoms with E-state index in [4.69, 9.17) is 21.1 Å². The fourth-order valence-electron chi connectivity index (χ4n) is 2.33. The molecule has 0 heterocycles. The van der Waals surface area contributed by atoms with Crippen molar-refractivity contribution in [1.29, 1.82) is 0 Å². The van der Waals surface area contributed by atoms with Crippen LogP contribution in [-0.4, -0.2) is 19.1 Å². The lowest BCUT2D eigenvalue weighted by molar-refractivity contribution is -0.123. The molecule has 0 aliphatic carbocycles. The van der Waals surface area contributed by atoms with E-state index in [1.165, 1.54) is 0 Å². The van der Waals surface area contributed by atoms with Crippen molar-refractivity contribution < 1.29 is 14.3 Å². The van der Waals surface area contributed by atoms with Gasteiger partial charge in [-0.05, 0) is 50.1 Å². The fourth-order valence-corrected chi connectivity index (χ4v) is 2.44. The molecule has 1 N–H and O–H groups in total. The second-order valence-corrected chi connectivity index (χ2v) is 5.86. The first-order chi connectivity index (χ1) is 11.5. The fraction of sp³-hybridized carbons (Fsp3) is 0.316. The smallest absolute Gasteiger partial charge is 0.258 e. The third-order valence-corrected chi connectivity index (χ3v) is 4.12. The summed E-state index contributed by atoms with van der Waals surface area (Å²) in [5, 5.41) is 3.56. The van der Waals surface area contributed by atoms with Gasteiger partial charge in [0.15, 0.2) is 6.61 Å². The molecule has 5 heteroatoms. The number of hydrogen-bond donors (Lipinski definition) is 1. The highest BCUT2D eigenvalue weighted by molar-refractivity contribution is 6.32. The Kier molecular flexibility index (Phi) is 6.50. The summed E-state index contributed by atoms with van der Waals surface area (Å²) >= 11 is 6.12. The molecule has 0 fully saturated rings. The van der Waals surface area contributed by atoms with Crippen LogP contribution in [0.25, 0.3) is 0 Å². The van der Waals surface area contributed by atoms with E-state index in [-0.39, 0.29) is 12.5 Å². The van der Waals surface area contributed by atoms with Gasteiger partial charge < -0.3 is 14.8 Å². The van der Waals surface area contributed by atoms with Gasteiger partial charge in [0.1, 0.15) is 11.5 Å². The largest absolute Gasteiger partial charge is 0.494 e. The normalized spacial score (nSPS) is 10.3. The molecule has 0 aliphatic rings. The Morgan fingerprint density at radius 3 is 2.46 bits per heavy atom. The Bertz CT molecular complexity index is 693. The minimum atomic E-state index is -0.188. The van der Waals surface area contributed by atoms with Crippen LogP contribution in [0.15, 0.2) is 36.4 Å². The van der Waals surface area contributed by atoms with Crippen molar-refractivity contribution in [1.82, 2.24) is 5.32 Å². The lowest BCUT2D eigenvalue weighted by Crippen LogP contribution is -2.28. The van der Waals surface area contributed by atoms with Crippen molar-refractivity contribution in [3.05, 3.63) is 58.1 Å². The number of nitrogens with one attached hydrogen (secondary N) is 1. The molecule has 1 amide bonds. The van der Waals surface area contributed by atoms with Crippen LogP contribution >= 0.6 is 11.6 Å². The summed E-state index contributed by atoms with van der Waals surface area (Å²) in [5.41, 5.74) is 2.79. The summed E-state index contributed by atoms with van der Waals surface area (Å²) in [4.78, 5) is 12.0. The van der Waals surface area contributed by atoms with E-state index < -0.39 is 0 Å². The predicted molar refractivity (Wildman–Crippen MR) is 95.9 cm³/mol. The number of aryl methyl sites for hydroxylation is 2. The van der Waals surface area contributed by atoms with E-state index in [1.54, 1.807) is 0 Å². The Morgan fingerprint density at radius 1 is 1.12 bits per heavy atom. The molecular formula is C19H22ClNO3. The van der Waals surface area contributed by atoms with Gasteiger partial charge >= 0.3 is 0 Å². The number of para-hydroxylation sites is 1. The molecule has 0 aliphatic heterocycles. The number of carbonyl (C=O) groups is 1. The second-order valence-electron chi connectivity index (χ2n) is 5.48. The van der Waals surface area contributed by atoms with Crippen LogP contribution in [-0.2, 0) is 11.3 Å². The highest BCUT2D eigenvalue weighted by atomic mass is 35.5. The van der Waals surface area contributed by atoms with Gasteiger partial charge in [0, 0.05) is 17.1 Å². The Hall–Kier alpha value is -2.20. The maximum atomic E-state index is 12.0. The molecule has 0 aromatic heterocycles. The molecule has 0 spiro atoms. The van der Waals surface area contributed by atoms with Crippen molar-refractivity contribution in [2.24, 2.45) is 0 Å². The first kappa shape index (κ1) is 18.1. The number of benzene rings is 2. The van der Waals surface area contributed by atoms with Gasteiger partial charge in [-0.25, -0.2) is 0 Å². The number of amides is 1. The minimum absolute atomic E-state index is 0.0443. The average molecular weight is 348 g/mol. The van der Waals surface area contributed by atoms with Crippen LogP contribution in [0, 0.1) is 13.8 Å². The molecule has 24 heavy (non-hydrogen) atoms. The van der Waals surface area contributed by atoms with E-state index in [9.17, 15) is 4.79 Å². The summed E-state index contributed by atoms with van der Waals surface area (Å²) in [6.45, 7) is 6.69. The maximum Gasteiger partial charge on any atom is 0.258 e. The van der Waals surface area contributed by atoms with Crippen molar-refractivity contribution in [2.75, 3.05) is 13.2 Å². The van der Waals surface area contributed by atoms with Crippen LogP contribution in [0.5, 0.6) is 11.5 Å². The molecule has 0 saturated carbocycles. The van der Waals surface area contributed by atoms with Crippen molar-refractivity contribution in [2.45, 2.75) is 27.3 Å². The Morgan fingerprint density at radius 2 is 1.79 bits per heavy atom. The summed E-state index contributed by atoms with van der Waals surface area (Å²) in [5.74, 6) is 1.23. The summed E-state index contributed by atoms with van der Waals surface area (Å²) < 4.78 is 11.1. The lowest BCUT2D eigenvalue weighted by atomic mass is 10.1. The first-order valence-corrected chi connectivity index (χ1v) is 8.26. The predicted octanol–water partition coefficient (Wildman–Crippen LogP) is 4.05. The van der Waals surface area contributed by atoms with Crippen LogP contribution in [0.2, 0.25) is 5.02 Å². The number of carbonyl (C=O) groups excluding carboxylic acids is 1. The molecular weight excluding hydrogens is 326 g/mol. The van der Waals surface area contributed by atoms with E-state index in [1.807, 2.05) is 57.2 Å². The molecule has 2 aromatic rings. The number of halogens is 1. The highest BCUT2D eigenvalue weighted by Gasteiger charge is 2.08. The van der Waals surface area contributed by atoms with Crippen molar-refractivity contribution in [3.8, 4) is 11.5 Å². The second kappa shape index (κ2) is 8.60. The lowest BCUT2D eigenvalue weighted by Gasteiger charge is -2.12. The number of rotatable bonds is 7. The van der Waals surface area contributed by atoms with Crippen LogP contribution in [0.4, 0.5) is 0 Å².